The molecular weight excluding hydrogens is 676 g/mol. The molecule has 13 nitrogen and oxygen atoms in total. The molecule has 0 aromatic heterocycles. The SMILES string of the molecule is CC(C)[C@H]1NC(=O)[C@H]([C@@H](C)O)NC(=O)[C@@H](C)NC(=O)[C@@H](NC(=O)c2cccc(CN(C)C)c2)Cc2ccc(cc2)OC[C@H](Cc2ccccc2)NC1=O. The van der Waals surface area contributed by atoms with Gasteiger partial charge in [0.2, 0.25) is 23.6 Å². The summed E-state index contributed by atoms with van der Waals surface area (Å²) in [5.41, 5.74) is 2.98. The molecule has 3 aromatic rings. The fourth-order valence-corrected chi connectivity index (χ4v) is 5.96. The minimum absolute atomic E-state index is 0.0889. The van der Waals surface area contributed by atoms with Crippen LogP contribution in [0.15, 0.2) is 78.9 Å². The van der Waals surface area contributed by atoms with Crippen molar-refractivity contribution in [3.05, 3.63) is 101 Å². The van der Waals surface area contributed by atoms with Crippen molar-refractivity contribution >= 4 is 29.5 Å². The molecule has 53 heavy (non-hydrogen) atoms. The number of hydrogen-bond acceptors (Lipinski definition) is 8. The monoisotopic (exact) mass is 728 g/mol. The molecule has 284 valence electrons. The van der Waals surface area contributed by atoms with Crippen molar-refractivity contribution in [2.75, 3.05) is 20.7 Å². The van der Waals surface area contributed by atoms with E-state index >= 15 is 0 Å². The van der Waals surface area contributed by atoms with Crippen molar-refractivity contribution in [1.82, 2.24) is 31.5 Å². The van der Waals surface area contributed by atoms with Crippen LogP contribution in [0.5, 0.6) is 5.75 Å². The number of carbonyl (C=O) groups excluding carboxylic acids is 5. The van der Waals surface area contributed by atoms with E-state index in [9.17, 15) is 29.1 Å². The Bertz CT molecular complexity index is 1710. The first kappa shape index (κ1) is 40.5. The topological polar surface area (TPSA) is 178 Å². The van der Waals surface area contributed by atoms with Crippen LogP contribution in [0.1, 0.15) is 54.7 Å². The quantitative estimate of drug-likeness (QED) is 0.190. The number of nitrogens with zero attached hydrogens (tertiary/aromatic N) is 1. The molecule has 2 bridgehead atoms. The van der Waals surface area contributed by atoms with E-state index in [0.717, 1.165) is 11.1 Å². The number of benzene rings is 3. The van der Waals surface area contributed by atoms with Crippen LogP contribution in [0, 0.1) is 5.92 Å². The third kappa shape index (κ3) is 12.1. The summed E-state index contributed by atoms with van der Waals surface area (Å²) >= 11 is 0. The van der Waals surface area contributed by atoms with Gasteiger partial charge in [-0.05, 0) is 81.2 Å². The fourth-order valence-electron chi connectivity index (χ4n) is 5.96. The zero-order chi connectivity index (χ0) is 38.7. The molecule has 0 spiro atoms. The van der Waals surface area contributed by atoms with Gasteiger partial charge in [-0.2, -0.15) is 0 Å². The van der Waals surface area contributed by atoms with E-state index in [4.69, 9.17) is 4.74 Å². The van der Waals surface area contributed by atoms with Crippen LogP contribution in [-0.4, -0.2) is 96.6 Å². The Hall–Kier alpha value is -5.27. The molecule has 2 aliphatic rings. The van der Waals surface area contributed by atoms with Crippen LogP contribution in [0.3, 0.4) is 0 Å². The van der Waals surface area contributed by atoms with Gasteiger partial charge in [0.25, 0.3) is 5.91 Å². The number of nitrogens with one attached hydrogen (secondary N) is 5. The Labute approximate surface area is 311 Å². The van der Waals surface area contributed by atoms with Crippen LogP contribution in [0.4, 0.5) is 0 Å². The Balaban J connectivity index is 1.66. The third-order valence-electron chi connectivity index (χ3n) is 8.86. The first-order valence-corrected chi connectivity index (χ1v) is 17.9. The van der Waals surface area contributed by atoms with Gasteiger partial charge in [0.1, 0.15) is 36.5 Å². The van der Waals surface area contributed by atoms with Crippen molar-refractivity contribution in [2.24, 2.45) is 5.92 Å². The molecule has 13 heteroatoms. The van der Waals surface area contributed by atoms with E-state index in [1.54, 1.807) is 56.3 Å². The average molecular weight is 729 g/mol. The Morgan fingerprint density at radius 2 is 1.45 bits per heavy atom. The first-order chi connectivity index (χ1) is 25.2. The summed E-state index contributed by atoms with van der Waals surface area (Å²) in [4.78, 5) is 69.8. The summed E-state index contributed by atoms with van der Waals surface area (Å²) in [5.74, 6) is -2.88. The molecule has 3 aromatic carbocycles. The molecule has 5 rings (SSSR count). The predicted molar refractivity (Wildman–Crippen MR) is 201 cm³/mol. The van der Waals surface area contributed by atoms with E-state index in [1.807, 2.05) is 55.4 Å². The van der Waals surface area contributed by atoms with Gasteiger partial charge in [0.05, 0.1) is 12.1 Å². The number of fused-ring (bicyclic) bond motifs is 17. The summed E-state index contributed by atoms with van der Waals surface area (Å²) < 4.78 is 6.14. The van der Waals surface area contributed by atoms with Crippen LogP contribution < -0.4 is 31.3 Å². The lowest BCUT2D eigenvalue weighted by atomic mass is 10.0. The van der Waals surface area contributed by atoms with E-state index in [1.165, 1.54) is 13.8 Å². The van der Waals surface area contributed by atoms with Crippen molar-refractivity contribution in [3.8, 4) is 5.75 Å². The normalized spacial score (nSPS) is 22.5. The smallest absolute Gasteiger partial charge is 0.251 e. The molecule has 2 aliphatic heterocycles. The van der Waals surface area contributed by atoms with Crippen molar-refractivity contribution in [3.63, 3.8) is 0 Å². The zero-order valence-corrected chi connectivity index (χ0v) is 31.2. The number of amides is 5. The number of aliphatic hydroxyl groups excluding tert-OH is 1. The molecule has 0 radical (unpaired) electrons. The minimum atomic E-state index is -1.44. The highest BCUT2D eigenvalue weighted by atomic mass is 16.5. The summed E-state index contributed by atoms with van der Waals surface area (Å²) in [6.45, 7) is 7.05. The molecule has 0 saturated heterocycles. The molecule has 0 aliphatic carbocycles. The second-order valence-corrected chi connectivity index (χ2v) is 14.2. The molecular formula is C40H52N6O7. The highest BCUT2D eigenvalue weighted by Crippen LogP contribution is 2.16. The predicted octanol–water partition coefficient (Wildman–Crippen LogP) is 1.72. The summed E-state index contributed by atoms with van der Waals surface area (Å²) in [6, 6.07) is 18.6. The molecule has 0 saturated carbocycles. The van der Waals surface area contributed by atoms with Gasteiger partial charge in [-0.3, -0.25) is 24.0 Å². The standard InChI is InChI=1S/C40H52N6O7/c1-24(2)34-39(51)42-31(20-27-11-8-7-9-12-27)23-53-32-17-15-28(16-18-32)21-33(43-37(49)30-14-10-13-29(19-30)22-46(5)6)38(50)41-25(3)36(48)45-35(26(4)47)40(52)44-34/h7-19,24-26,31,33-35,47H,20-23H2,1-6H3,(H,41,50)(H,42,51)(H,43,49)(H,44,52)(H,45,48)/t25-,26-,31+,33+,34-,35+/m1/s1. The van der Waals surface area contributed by atoms with Gasteiger partial charge in [-0.1, -0.05) is 68.4 Å². The lowest BCUT2D eigenvalue weighted by Gasteiger charge is -2.29. The molecule has 0 fully saturated rings. The van der Waals surface area contributed by atoms with Crippen LogP contribution >= 0.6 is 0 Å². The van der Waals surface area contributed by atoms with Gasteiger partial charge in [0, 0.05) is 18.5 Å². The van der Waals surface area contributed by atoms with Gasteiger partial charge in [-0.15, -0.1) is 0 Å². The minimum Gasteiger partial charge on any atom is -0.491 e. The second kappa shape index (κ2) is 19.0. The van der Waals surface area contributed by atoms with Gasteiger partial charge < -0.3 is 41.3 Å². The molecule has 6 N–H and O–H groups in total. The summed E-state index contributed by atoms with van der Waals surface area (Å²) in [7, 11) is 3.85. The van der Waals surface area contributed by atoms with Crippen LogP contribution in [0.2, 0.25) is 0 Å². The van der Waals surface area contributed by atoms with Crippen molar-refractivity contribution in [2.45, 2.75) is 83.4 Å². The van der Waals surface area contributed by atoms with E-state index in [-0.39, 0.29) is 18.9 Å². The Kier molecular flexibility index (Phi) is 14.5. The number of hydrogen-bond donors (Lipinski definition) is 6. The lowest BCUT2D eigenvalue weighted by molar-refractivity contribution is -0.136. The largest absolute Gasteiger partial charge is 0.491 e. The van der Waals surface area contributed by atoms with E-state index in [0.29, 0.717) is 29.8 Å². The number of carbonyl (C=O) groups is 5. The Morgan fingerprint density at radius 3 is 2.09 bits per heavy atom. The number of ether oxygens (including phenoxy) is 1. The highest BCUT2D eigenvalue weighted by Gasteiger charge is 2.34. The van der Waals surface area contributed by atoms with Gasteiger partial charge in [-0.25, -0.2) is 0 Å². The third-order valence-corrected chi connectivity index (χ3v) is 8.86. The molecule has 6 atom stereocenters. The van der Waals surface area contributed by atoms with Gasteiger partial charge in [0.15, 0.2) is 0 Å². The maximum Gasteiger partial charge on any atom is 0.251 e. The second-order valence-electron chi connectivity index (χ2n) is 14.2. The zero-order valence-electron chi connectivity index (χ0n) is 31.2. The van der Waals surface area contributed by atoms with Crippen molar-refractivity contribution < 1.29 is 33.8 Å². The molecule has 5 amide bonds. The molecule has 0 unspecified atom stereocenters. The van der Waals surface area contributed by atoms with Gasteiger partial charge >= 0.3 is 0 Å². The summed E-state index contributed by atoms with van der Waals surface area (Å²) in [5, 5.41) is 24.3. The van der Waals surface area contributed by atoms with E-state index in [2.05, 4.69) is 26.6 Å². The lowest BCUT2D eigenvalue weighted by Crippen LogP contribution is -2.61. The van der Waals surface area contributed by atoms with Crippen molar-refractivity contribution in [1.29, 1.82) is 0 Å². The molecule has 2 heterocycles. The highest BCUT2D eigenvalue weighted by molar-refractivity contribution is 5.99. The number of aliphatic hydroxyl groups is 1. The summed E-state index contributed by atoms with van der Waals surface area (Å²) in [6.07, 6.45) is -0.805. The van der Waals surface area contributed by atoms with Crippen LogP contribution in [0.25, 0.3) is 0 Å². The maximum atomic E-state index is 13.7. The average Bonchev–Trinajstić information content (AvgIpc) is 3.11. The fraction of sp³-hybridized carbons (Fsp3) is 0.425. The maximum absolute atomic E-state index is 13.7. The van der Waals surface area contributed by atoms with Crippen LogP contribution in [-0.2, 0) is 38.6 Å². The first-order valence-electron chi connectivity index (χ1n) is 17.9. The Morgan fingerprint density at radius 1 is 0.811 bits per heavy atom. The number of rotatable bonds is 8. The van der Waals surface area contributed by atoms with E-state index < -0.39 is 65.8 Å².